The van der Waals surface area contributed by atoms with E-state index in [1.54, 1.807) is 24.6 Å². The van der Waals surface area contributed by atoms with Crippen molar-refractivity contribution in [2.24, 2.45) is 0 Å². The van der Waals surface area contributed by atoms with Crippen molar-refractivity contribution in [2.45, 2.75) is 0 Å². The Morgan fingerprint density at radius 2 is 1.35 bits per heavy atom. The van der Waals surface area contributed by atoms with Crippen LogP contribution in [-0.4, -0.2) is 0 Å². The van der Waals surface area contributed by atoms with Crippen molar-refractivity contribution in [2.75, 3.05) is 0 Å². The lowest BCUT2D eigenvalue weighted by molar-refractivity contribution is 0.508. The molecule has 4 aromatic rings. The lowest BCUT2D eigenvalue weighted by Crippen LogP contribution is -1.89. The second-order valence-corrected chi connectivity index (χ2v) is 5.74. The normalized spacial score (nSPS) is 10.2. The number of fused-ring (bicyclic) bond motifs is 2. The van der Waals surface area contributed by atoms with Crippen molar-refractivity contribution in [1.82, 2.24) is 0 Å². The summed E-state index contributed by atoms with van der Waals surface area (Å²) in [4.78, 5) is 0. The SMILES string of the molecule is N#COc1ccc2cccc(-c3cccc4cccc(OC#N)c34)c2c1. The third kappa shape index (κ3) is 2.56. The van der Waals surface area contributed by atoms with E-state index in [0.29, 0.717) is 11.5 Å². The molecule has 0 aliphatic heterocycles. The Labute approximate surface area is 150 Å². The van der Waals surface area contributed by atoms with Crippen LogP contribution >= 0.6 is 0 Å². The molecule has 0 saturated heterocycles. The zero-order chi connectivity index (χ0) is 17.9. The van der Waals surface area contributed by atoms with Crippen LogP contribution in [-0.2, 0) is 0 Å². The van der Waals surface area contributed by atoms with Crippen molar-refractivity contribution < 1.29 is 9.47 Å². The quantitative estimate of drug-likeness (QED) is 0.471. The number of ether oxygens (including phenoxy) is 2. The van der Waals surface area contributed by atoms with Crippen LogP contribution in [0.1, 0.15) is 0 Å². The Bertz CT molecular complexity index is 1210. The van der Waals surface area contributed by atoms with Crippen LogP contribution in [0.2, 0.25) is 0 Å². The standard InChI is InChI=1S/C22H12N2O2/c23-13-25-17-11-10-15-4-1-7-18(20(15)12-17)19-8-2-5-16-6-3-9-21(22(16)19)26-14-24/h1-12H. The molecule has 0 atom stereocenters. The molecule has 0 radical (unpaired) electrons. The molecule has 0 aliphatic rings. The minimum absolute atomic E-state index is 0.487. The number of rotatable bonds is 3. The summed E-state index contributed by atoms with van der Waals surface area (Å²) >= 11 is 0. The average Bonchev–Trinajstić information content (AvgIpc) is 2.68. The van der Waals surface area contributed by atoms with E-state index in [1.165, 1.54) is 0 Å². The van der Waals surface area contributed by atoms with Gasteiger partial charge in [0, 0.05) is 5.39 Å². The predicted octanol–water partition coefficient (Wildman–Crippen LogP) is 5.38. The molecule has 0 fully saturated rings. The average molecular weight is 336 g/mol. The van der Waals surface area contributed by atoms with Gasteiger partial charge in [-0.2, -0.15) is 0 Å². The maximum Gasteiger partial charge on any atom is 0.292 e. The zero-order valence-corrected chi connectivity index (χ0v) is 13.6. The first kappa shape index (κ1) is 15.5. The van der Waals surface area contributed by atoms with Gasteiger partial charge >= 0.3 is 0 Å². The van der Waals surface area contributed by atoms with Gasteiger partial charge in [-0.05, 0) is 45.5 Å². The molecule has 26 heavy (non-hydrogen) atoms. The minimum atomic E-state index is 0.487. The highest BCUT2D eigenvalue weighted by molar-refractivity contribution is 6.08. The fourth-order valence-corrected chi connectivity index (χ4v) is 3.27. The Balaban J connectivity index is 2.06. The highest BCUT2D eigenvalue weighted by Gasteiger charge is 2.12. The van der Waals surface area contributed by atoms with Gasteiger partial charge in [0.1, 0.15) is 5.75 Å². The lowest BCUT2D eigenvalue weighted by Gasteiger charge is -2.12. The summed E-state index contributed by atoms with van der Waals surface area (Å²) in [7, 11) is 0. The molecule has 4 nitrogen and oxygen atoms in total. The van der Waals surface area contributed by atoms with Crippen molar-refractivity contribution in [3.05, 3.63) is 72.8 Å². The summed E-state index contributed by atoms with van der Waals surface area (Å²) in [6, 6.07) is 23.1. The zero-order valence-electron chi connectivity index (χ0n) is 13.6. The number of hydrogen-bond donors (Lipinski definition) is 0. The summed E-state index contributed by atoms with van der Waals surface area (Å²) in [5.41, 5.74) is 1.93. The van der Waals surface area contributed by atoms with Gasteiger partial charge in [-0.15, -0.1) is 10.5 Å². The summed E-state index contributed by atoms with van der Waals surface area (Å²) in [5, 5.41) is 21.6. The number of hydrogen-bond acceptors (Lipinski definition) is 4. The van der Waals surface area contributed by atoms with E-state index in [1.807, 2.05) is 60.7 Å². The van der Waals surface area contributed by atoms with E-state index in [9.17, 15) is 0 Å². The topological polar surface area (TPSA) is 66.0 Å². The Hall–Kier alpha value is -4.02. The Kier molecular flexibility index (Phi) is 3.86. The molecule has 0 saturated carbocycles. The van der Waals surface area contributed by atoms with Gasteiger partial charge in [0.25, 0.3) is 12.5 Å². The molecular formula is C22H12N2O2. The van der Waals surface area contributed by atoms with E-state index in [0.717, 1.165) is 32.7 Å². The summed E-state index contributed by atoms with van der Waals surface area (Å²) in [5.74, 6) is 1.00. The van der Waals surface area contributed by atoms with Gasteiger partial charge in [-0.3, -0.25) is 0 Å². The largest absolute Gasteiger partial charge is 0.388 e. The monoisotopic (exact) mass is 336 g/mol. The van der Waals surface area contributed by atoms with Crippen LogP contribution in [0.4, 0.5) is 0 Å². The first-order valence-corrected chi connectivity index (χ1v) is 7.98. The summed E-state index contributed by atoms with van der Waals surface area (Å²) in [6.45, 7) is 0. The van der Waals surface area contributed by atoms with Gasteiger partial charge in [-0.1, -0.05) is 54.6 Å². The molecule has 0 spiro atoms. The Morgan fingerprint density at radius 3 is 2.12 bits per heavy atom. The highest BCUT2D eigenvalue weighted by Crippen LogP contribution is 2.39. The summed E-state index contributed by atoms with van der Waals surface area (Å²) in [6.07, 6.45) is 3.47. The fourth-order valence-electron chi connectivity index (χ4n) is 3.27. The van der Waals surface area contributed by atoms with Gasteiger partial charge in [0.2, 0.25) is 0 Å². The van der Waals surface area contributed by atoms with Crippen LogP contribution in [0.15, 0.2) is 72.8 Å². The van der Waals surface area contributed by atoms with Gasteiger partial charge in [0.05, 0.1) is 0 Å². The fraction of sp³-hybridized carbons (Fsp3) is 0. The van der Waals surface area contributed by atoms with Crippen molar-refractivity contribution in [3.8, 4) is 35.1 Å². The maximum atomic E-state index is 8.99. The van der Waals surface area contributed by atoms with E-state index in [4.69, 9.17) is 20.0 Å². The summed E-state index contributed by atoms with van der Waals surface area (Å²) < 4.78 is 10.2. The van der Waals surface area contributed by atoms with Gasteiger partial charge < -0.3 is 9.47 Å². The number of nitrogens with zero attached hydrogens (tertiary/aromatic N) is 2. The van der Waals surface area contributed by atoms with E-state index >= 15 is 0 Å². The second-order valence-electron chi connectivity index (χ2n) is 5.74. The molecule has 4 heteroatoms. The molecule has 4 rings (SSSR count). The predicted molar refractivity (Wildman–Crippen MR) is 99.4 cm³/mol. The minimum Gasteiger partial charge on any atom is -0.388 e. The van der Waals surface area contributed by atoms with E-state index in [-0.39, 0.29) is 0 Å². The molecule has 0 aliphatic carbocycles. The van der Waals surface area contributed by atoms with Crippen molar-refractivity contribution in [3.63, 3.8) is 0 Å². The molecule has 0 unspecified atom stereocenters. The molecule has 0 amide bonds. The van der Waals surface area contributed by atoms with Crippen LogP contribution in [0.5, 0.6) is 11.5 Å². The van der Waals surface area contributed by atoms with Crippen LogP contribution in [0.25, 0.3) is 32.7 Å². The number of nitriles is 2. The van der Waals surface area contributed by atoms with Crippen LogP contribution < -0.4 is 9.47 Å². The van der Waals surface area contributed by atoms with E-state index in [2.05, 4.69) is 0 Å². The van der Waals surface area contributed by atoms with Crippen LogP contribution in [0.3, 0.4) is 0 Å². The second kappa shape index (κ2) is 6.47. The molecule has 0 bridgehead atoms. The highest BCUT2D eigenvalue weighted by atomic mass is 16.5. The van der Waals surface area contributed by atoms with Crippen LogP contribution in [0, 0.1) is 23.0 Å². The molecule has 0 aromatic heterocycles. The molecule has 0 N–H and O–H groups in total. The third-order valence-corrected chi connectivity index (χ3v) is 4.33. The molecular weight excluding hydrogens is 324 g/mol. The van der Waals surface area contributed by atoms with Crippen molar-refractivity contribution in [1.29, 1.82) is 10.5 Å². The maximum absolute atomic E-state index is 8.99. The number of benzene rings is 4. The van der Waals surface area contributed by atoms with Gasteiger partial charge in [-0.25, -0.2) is 0 Å². The molecule has 4 aromatic carbocycles. The molecule has 122 valence electrons. The first-order valence-electron chi connectivity index (χ1n) is 7.98. The lowest BCUT2D eigenvalue weighted by atomic mass is 9.93. The molecule has 0 heterocycles. The third-order valence-electron chi connectivity index (χ3n) is 4.33. The first-order chi connectivity index (χ1) is 12.8. The smallest absolute Gasteiger partial charge is 0.292 e. The van der Waals surface area contributed by atoms with Gasteiger partial charge in [0.15, 0.2) is 5.75 Å². The van der Waals surface area contributed by atoms with Crippen molar-refractivity contribution >= 4 is 21.5 Å². The van der Waals surface area contributed by atoms with E-state index < -0.39 is 0 Å². The Morgan fingerprint density at radius 1 is 0.654 bits per heavy atom.